The Hall–Kier alpha value is -5.48. The first-order chi connectivity index (χ1) is 21.1. The number of rotatable bonds is 7. The van der Waals surface area contributed by atoms with Crippen LogP contribution < -0.4 is 14.9 Å². The van der Waals surface area contributed by atoms with Crippen LogP contribution in [0.3, 0.4) is 0 Å². The fourth-order valence-electron chi connectivity index (χ4n) is 4.34. The van der Waals surface area contributed by atoms with E-state index in [0.717, 1.165) is 23.4 Å². The maximum atomic E-state index is 12.7. The molecule has 2 amide bonds. The second-order valence-electron chi connectivity index (χ2n) is 9.34. The average Bonchev–Trinajstić information content (AvgIpc) is 3.64. The van der Waals surface area contributed by atoms with E-state index in [1.165, 1.54) is 52.8 Å². The number of nitrogens with one attached hydrogen (secondary N) is 1. The third-order valence-electron chi connectivity index (χ3n) is 6.43. The summed E-state index contributed by atoms with van der Waals surface area (Å²) in [4.78, 5) is 21.7. The van der Waals surface area contributed by atoms with E-state index in [4.69, 9.17) is 0 Å². The predicted molar refractivity (Wildman–Crippen MR) is 159 cm³/mol. The minimum Gasteiger partial charge on any atom is -0.406 e. The van der Waals surface area contributed by atoms with Gasteiger partial charge in [-0.1, -0.05) is 49.4 Å². The van der Waals surface area contributed by atoms with E-state index in [1.807, 2.05) is 41.1 Å². The zero-order valence-electron chi connectivity index (χ0n) is 23.4. The van der Waals surface area contributed by atoms with E-state index in [9.17, 15) is 23.2 Å². The minimum absolute atomic E-state index is 0.214. The number of aromatic nitrogens is 4. The van der Waals surface area contributed by atoms with E-state index >= 15 is 0 Å². The van der Waals surface area contributed by atoms with Gasteiger partial charge in [0.25, 0.3) is 0 Å². The summed E-state index contributed by atoms with van der Waals surface area (Å²) in [6, 6.07) is 21.4. The highest BCUT2D eigenvalue weighted by Gasteiger charge is 2.31. The fourth-order valence-corrected chi connectivity index (χ4v) is 5.21. The molecule has 1 N–H and O–H groups in total. The molecule has 0 radical (unpaired) electrons. The number of carbonyl (C=O) groups is 1. The largest absolute Gasteiger partial charge is 0.573 e. The fraction of sp³-hybridized carbons (Fsp3) is 0.129. The summed E-state index contributed by atoms with van der Waals surface area (Å²) in [5.74, 6) is 0.0253. The van der Waals surface area contributed by atoms with Gasteiger partial charge in [0.05, 0.1) is 16.9 Å². The molecule has 5 aromatic rings. The summed E-state index contributed by atoms with van der Waals surface area (Å²) in [5, 5.41) is 18.6. The first-order valence-electron chi connectivity index (χ1n) is 13.2. The van der Waals surface area contributed by atoms with Gasteiger partial charge in [0, 0.05) is 22.8 Å². The van der Waals surface area contributed by atoms with Crippen molar-refractivity contribution in [3.05, 3.63) is 112 Å². The number of hydrogen-bond donors (Lipinski definition) is 1. The van der Waals surface area contributed by atoms with Crippen molar-refractivity contribution in [2.45, 2.75) is 26.6 Å². The number of aryl methyl sites for hydroxylation is 2. The van der Waals surface area contributed by atoms with E-state index in [0.29, 0.717) is 27.4 Å². The number of amides is 2. The van der Waals surface area contributed by atoms with Crippen molar-refractivity contribution < 1.29 is 22.7 Å². The number of para-hydroxylation sites is 1. The zero-order valence-corrected chi connectivity index (χ0v) is 24.2. The van der Waals surface area contributed by atoms with E-state index < -0.39 is 12.4 Å². The summed E-state index contributed by atoms with van der Waals surface area (Å²) in [6.45, 7) is 4.02. The molecule has 0 saturated carbocycles. The maximum Gasteiger partial charge on any atom is 0.573 e. The minimum atomic E-state index is -4.77. The van der Waals surface area contributed by atoms with Crippen LogP contribution in [0.1, 0.15) is 23.7 Å². The van der Waals surface area contributed by atoms with Gasteiger partial charge in [-0.25, -0.2) is 14.5 Å². The first-order valence-corrected chi connectivity index (χ1v) is 14.1. The van der Waals surface area contributed by atoms with Crippen molar-refractivity contribution >= 4 is 22.9 Å². The van der Waals surface area contributed by atoms with Crippen LogP contribution in [0.4, 0.5) is 18.0 Å². The molecule has 3 aromatic carbocycles. The molecule has 0 aliphatic carbocycles. The van der Waals surface area contributed by atoms with Crippen LogP contribution in [0.5, 0.6) is 5.75 Å². The number of thiazole rings is 1. The maximum absolute atomic E-state index is 12.7. The van der Waals surface area contributed by atoms with Crippen molar-refractivity contribution in [1.82, 2.24) is 24.6 Å². The van der Waals surface area contributed by atoms with E-state index in [-0.39, 0.29) is 11.3 Å². The highest BCUT2D eigenvalue weighted by Crippen LogP contribution is 2.25. The molecule has 0 unspecified atom stereocenters. The molecule has 222 valence electrons. The molecule has 9 nitrogen and oxygen atoms in total. The number of ether oxygens (including phenoxy) is 1. The third-order valence-corrected chi connectivity index (χ3v) is 7.37. The molecule has 0 atom stereocenters. The number of nitrogens with zero attached hydrogens (tertiary/aromatic N) is 6. The van der Waals surface area contributed by atoms with E-state index in [2.05, 4.69) is 38.1 Å². The second-order valence-corrected chi connectivity index (χ2v) is 10.2. The Bertz CT molecular complexity index is 1930. The molecule has 44 heavy (non-hydrogen) atoms. The SMILES string of the molecule is CCc1ccccc1-n1c(C)cs/c1=N\C(=O)N/C=C(\C#N)c1ccc(-c2ncn(-c3ccc(OC(F)(F)F)cc3)n2)cc1. The number of halogens is 3. The summed E-state index contributed by atoms with van der Waals surface area (Å²) in [7, 11) is 0. The predicted octanol–water partition coefficient (Wildman–Crippen LogP) is 6.73. The third kappa shape index (κ3) is 6.93. The van der Waals surface area contributed by atoms with Crippen molar-refractivity contribution in [2.24, 2.45) is 4.99 Å². The molecule has 13 heteroatoms. The van der Waals surface area contributed by atoms with Gasteiger partial charge in [0.1, 0.15) is 18.1 Å². The Morgan fingerprint density at radius 3 is 2.52 bits per heavy atom. The standard InChI is InChI=1S/C31H24F3N7O2S/c1-3-21-6-4-5-7-27(21)41-20(2)18-44-30(41)38-29(42)36-17-24(16-35)22-8-10-23(11-9-22)28-37-19-40(39-28)25-12-14-26(15-13-25)43-31(32,33)34/h4-15,17-19H,3H2,1-2H3,(H,36,42)/b24-17+,38-30-. The molecule has 0 fully saturated rings. The van der Waals surface area contributed by atoms with Crippen LogP contribution in [0, 0.1) is 18.3 Å². The van der Waals surface area contributed by atoms with Crippen LogP contribution >= 0.6 is 11.3 Å². The molecule has 0 spiro atoms. The Kier molecular flexibility index (Phi) is 8.73. The molecular weight excluding hydrogens is 591 g/mol. The summed E-state index contributed by atoms with van der Waals surface area (Å²) in [6.07, 6.45) is -1.20. The zero-order chi connectivity index (χ0) is 31.3. The van der Waals surface area contributed by atoms with Crippen LogP contribution in [-0.4, -0.2) is 31.7 Å². The number of nitriles is 1. The first kappa shape index (κ1) is 30.0. The van der Waals surface area contributed by atoms with Crippen molar-refractivity contribution in [1.29, 1.82) is 5.26 Å². The lowest BCUT2D eigenvalue weighted by Crippen LogP contribution is -2.22. The molecule has 2 heterocycles. The molecule has 0 aliphatic rings. The van der Waals surface area contributed by atoms with Gasteiger partial charge in [0.15, 0.2) is 10.6 Å². The van der Waals surface area contributed by atoms with Gasteiger partial charge >= 0.3 is 12.4 Å². The molecule has 0 aliphatic heterocycles. The lowest BCUT2D eigenvalue weighted by Gasteiger charge is -2.10. The number of allylic oxidation sites excluding steroid dienone is 1. The lowest BCUT2D eigenvalue weighted by atomic mass is 10.1. The van der Waals surface area contributed by atoms with E-state index in [1.54, 1.807) is 24.3 Å². The molecule has 0 saturated heterocycles. The second kappa shape index (κ2) is 12.8. The highest BCUT2D eigenvalue weighted by molar-refractivity contribution is 7.07. The number of alkyl halides is 3. The topological polar surface area (TPSA) is 110 Å². The Balaban J connectivity index is 1.29. The van der Waals surface area contributed by atoms with Crippen LogP contribution in [0.25, 0.3) is 28.3 Å². The van der Waals surface area contributed by atoms with Crippen LogP contribution in [0.15, 0.2) is 95.7 Å². The van der Waals surface area contributed by atoms with Gasteiger partial charge in [0.2, 0.25) is 0 Å². The Labute approximate surface area is 253 Å². The number of carbonyl (C=O) groups excluding carboxylic acids is 1. The van der Waals surface area contributed by atoms with Crippen molar-refractivity contribution in [3.63, 3.8) is 0 Å². The lowest BCUT2D eigenvalue weighted by molar-refractivity contribution is -0.274. The number of urea groups is 1. The summed E-state index contributed by atoms with van der Waals surface area (Å²) in [5.41, 5.74) is 4.93. The summed E-state index contributed by atoms with van der Waals surface area (Å²) >= 11 is 1.35. The smallest absolute Gasteiger partial charge is 0.406 e. The van der Waals surface area contributed by atoms with Gasteiger partial charge in [-0.2, -0.15) is 10.3 Å². The van der Waals surface area contributed by atoms with Gasteiger partial charge < -0.3 is 10.1 Å². The Morgan fingerprint density at radius 2 is 1.84 bits per heavy atom. The van der Waals surface area contributed by atoms with Crippen LogP contribution in [-0.2, 0) is 6.42 Å². The Morgan fingerprint density at radius 1 is 1.11 bits per heavy atom. The normalized spacial score (nSPS) is 12.2. The molecular formula is C31H24F3N7O2S. The molecule has 5 rings (SSSR count). The average molecular weight is 616 g/mol. The van der Waals surface area contributed by atoms with Gasteiger partial charge in [-0.3, -0.25) is 4.57 Å². The van der Waals surface area contributed by atoms with Crippen molar-refractivity contribution in [3.8, 4) is 34.6 Å². The molecule has 2 aromatic heterocycles. The number of benzene rings is 3. The summed E-state index contributed by atoms with van der Waals surface area (Å²) < 4.78 is 44.5. The van der Waals surface area contributed by atoms with Crippen LogP contribution in [0.2, 0.25) is 0 Å². The van der Waals surface area contributed by atoms with Gasteiger partial charge in [-0.15, -0.1) is 29.6 Å². The monoisotopic (exact) mass is 615 g/mol. The highest BCUT2D eigenvalue weighted by atomic mass is 32.1. The van der Waals surface area contributed by atoms with Gasteiger partial charge in [-0.05, 0) is 54.8 Å². The quantitative estimate of drug-likeness (QED) is 0.204. The van der Waals surface area contributed by atoms with Crippen molar-refractivity contribution in [2.75, 3.05) is 0 Å². The molecule has 0 bridgehead atoms. The number of hydrogen-bond acceptors (Lipinski definition) is 6.